The molecule has 1 N–H and O–H groups in total. The maximum Gasteiger partial charge on any atom is 0.307 e. The molecule has 0 saturated carbocycles. The zero-order valence-electron chi connectivity index (χ0n) is 8.39. The fourth-order valence-electron chi connectivity index (χ4n) is 0.784. The first kappa shape index (κ1) is 11.0. The molecule has 0 saturated heterocycles. The van der Waals surface area contributed by atoms with E-state index >= 15 is 0 Å². The van der Waals surface area contributed by atoms with Crippen molar-refractivity contribution < 1.29 is 9.90 Å². The molecule has 5 nitrogen and oxygen atoms in total. The highest BCUT2D eigenvalue weighted by molar-refractivity contribution is 7.99. The van der Waals surface area contributed by atoms with Crippen molar-refractivity contribution >= 4 is 17.7 Å². The fourth-order valence-corrected chi connectivity index (χ4v) is 1.75. The van der Waals surface area contributed by atoms with E-state index in [0.717, 1.165) is 11.0 Å². The molecular weight excluding hydrogens is 202 g/mol. The number of aryl methyl sites for hydroxylation is 1. The van der Waals surface area contributed by atoms with Gasteiger partial charge in [-0.15, -0.1) is 10.2 Å². The topological polar surface area (TPSA) is 68.0 Å². The van der Waals surface area contributed by atoms with Crippen LogP contribution in [0.4, 0.5) is 0 Å². The van der Waals surface area contributed by atoms with Gasteiger partial charge >= 0.3 is 5.97 Å². The Bertz CT molecular complexity index is 337. The third-order valence-corrected chi connectivity index (χ3v) is 3.22. The zero-order valence-corrected chi connectivity index (χ0v) is 9.21. The predicted molar refractivity (Wildman–Crippen MR) is 53.3 cm³/mol. The van der Waals surface area contributed by atoms with Gasteiger partial charge in [0.1, 0.15) is 5.82 Å². The van der Waals surface area contributed by atoms with E-state index in [2.05, 4.69) is 10.2 Å². The number of carboxylic acids is 1. The van der Waals surface area contributed by atoms with Crippen LogP contribution in [0.1, 0.15) is 12.7 Å². The number of hydrogen-bond donors (Lipinski definition) is 1. The third kappa shape index (κ3) is 2.47. The molecule has 1 heterocycles. The molecule has 14 heavy (non-hydrogen) atoms. The van der Waals surface area contributed by atoms with Gasteiger partial charge in [0.05, 0.1) is 5.92 Å². The molecule has 0 aromatic carbocycles. The van der Waals surface area contributed by atoms with E-state index in [4.69, 9.17) is 5.11 Å². The van der Waals surface area contributed by atoms with Crippen molar-refractivity contribution in [2.45, 2.75) is 19.0 Å². The Labute approximate surface area is 86.5 Å². The summed E-state index contributed by atoms with van der Waals surface area (Å²) in [7, 11) is 1.86. The second-order valence-corrected chi connectivity index (χ2v) is 4.13. The van der Waals surface area contributed by atoms with Crippen LogP contribution in [0, 0.1) is 12.8 Å². The van der Waals surface area contributed by atoms with Gasteiger partial charge in [-0.1, -0.05) is 18.7 Å². The van der Waals surface area contributed by atoms with Crippen molar-refractivity contribution in [1.82, 2.24) is 14.8 Å². The highest BCUT2D eigenvalue weighted by atomic mass is 32.2. The predicted octanol–water partition coefficient (Wildman–Crippen LogP) is 0.936. The van der Waals surface area contributed by atoms with Gasteiger partial charge < -0.3 is 9.67 Å². The number of nitrogens with zero attached hydrogens (tertiary/aromatic N) is 3. The van der Waals surface area contributed by atoms with Crippen LogP contribution >= 0.6 is 11.8 Å². The molecule has 0 aliphatic carbocycles. The van der Waals surface area contributed by atoms with Crippen molar-refractivity contribution in [1.29, 1.82) is 0 Å². The summed E-state index contributed by atoms with van der Waals surface area (Å²) in [5.41, 5.74) is 0. The Hall–Kier alpha value is -1.04. The minimum absolute atomic E-state index is 0.364. The van der Waals surface area contributed by atoms with Gasteiger partial charge in [0.15, 0.2) is 5.16 Å². The quantitative estimate of drug-likeness (QED) is 0.757. The molecule has 0 fully saturated rings. The molecular formula is C8H13N3O2S. The molecule has 78 valence electrons. The Morgan fingerprint density at radius 1 is 1.64 bits per heavy atom. The van der Waals surface area contributed by atoms with Gasteiger partial charge in [-0.05, 0) is 6.92 Å². The van der Waals surface area contributed by atoms with Crippen LogP contribution < -0.4 is 0 Å². The second-order valence-electron chi connectivity index (χ2n) is 3.14. The van der Waals surface area contributed by atoms with Gasteiger partial charge in [0, 0.05) is 12.8 Å². The normalized spacial score (nSPS) is 12.8. The summed E-state index contributed by atoms with van der Waals surface area (Å²) in [4.78, 5) is 10.6. The van der Waals surface area contributed by atoms with Gasteiger partial charge in [-0.2, -0.15) is 0 Å². The van der Waals surface area contributed by atoms with Crippen molar-refractivity contribution in [3.05, 3.63) is 5.82 Å². The van der Waals surface area contributed by atoms with Gasteiger partial charge in [-0.3, -0.25) is 4.79 Å². The van der Waals surface area contributed by atoms with Crippen LogP contribution in [0.5, 0.6) is 0 Å². The van der Waals surface area contributed by atoms with Gasteiger partial charge in [0.25, 0.3) is 0 Å². The standard InChI is InChI=1S/C8H13N3O2S/c1-5(7(12)13)4-14-8-10-9-6(2)11(8)3/h5H,4H2,1-3H3,(H,12,13). The van der Waals surface area contributed by atoms with Crippen LogP contribution in [0.2, 0.25) is 0 Å². The molecule has 1 rings (SSSR count). The third-order valence-electron chi connectivity index (χ3n) is 1.94. The number of rotatable bonds is 4. The Kier molecular flexibility index (Phi) is 3.51. The second kappa shape index (κ2) is 4.45. The summed E-state index contributed by atoms with van der Waals surface area (Å²) in [5, 5.41) is 17.3. The largest absolute Gasteiger partial charge is 0.481 e. The maximum atomic E-state index is 10.6. The van der Waals surface area contributed by atoms with E-state index in [1.54, 1.807) is 6.92 Å². The number of carboxylic acid groups (broad SMARTS) is 1. The van der Waals surface area contributed by atoms with E-state index in [1.165, 1.54) is 11.8 Å². The summed E-state index contributed by atoms with van der Waals surface area (Å²) < 4.78 is 1.85. The minimum Gasteiger partial charge on any atom is -0.481 e. The monoisotopic (exact) mass is 215 g/mol. The van der Waals surface area contributed by atoms with E-state index in [-0.39, 0.29) is 5.92 Å². The lowest BCUT2D eigenvalue weighted by Gasteiger charge is -2.04. The fraction of sp³-hybridized carbons (Fsp3) is 0.625. The SMILES string of the molecule is Cc1nnc(SCC(C)C(=O)O)n1C. The van der Waals surface area contributed by atoms with Gasteiger partial charge in [0.2, 0.25) is 0 Å². The lowest BCUT2D eigenvalue weighted by molar-refractivity contribution is -0.140. The van der Waals surface area contributed by atoms with Crippen molar-refractivity contribution in [2.75, 3.05) is 5.75 Å². The van der Waals surface area contributed by atoms with Crippen LogP contribution in [0.3, 0.4) is 0 Å². The number of aromatic nitrogens is 3. The first-order valence-electron chi connectivity index (χ1n) is 4.24. The summed E-state index contributed by atoms with van der Waals surface area (Å²) in [5.74, 6) is 0.199. The first-order valence-corrected chi connectivity index (χ1v) is 5.22. The number of aliphatic carboxylic acids is 1. The molecule has 0 spiro atoms. The molecule has 1 aromatic rings. The molecule has 0 bridgehead atoms. The van der Waals surface area contributed by atoms with Crippen LogP contribution in [0.25, 0.3) is 0 Å². The molecule has 0 aliphatic rings. The molecule has 6 heteroatoms. The number of carbonyl (C=O) groups is 1. The van der Waals surface area contributed by atoms with Crippen LogP contribution in [-0.2, 0) is 11.8 Å². The summed E-state index contributed by atoms with van der Waals surface area (Å²) in [6.07, 6.45) is 0. The molecule has 0 amide bonds. The smallest absolute Gasteiger partial charge is 0.307 e. The summed E-state index contributed by atoms with van der Waals surface area (Å²) in [6, 6.07) is 0. The van der Waals surface area contributed by atoms with Crippen LogP contribution in [-0.4, -0.2) is 31.6 Å². The zero-order chi connectivity index (χ0) is 10.7. The minimum atomic E-state index is -0.781. The Balaban J connectivity index is 2.54. The van der Waals surface area contributed by atoms with E-state index < -0.39 is 5.97 Å². The number of thioether (sulfide) groups is 1. The Morgan fingerprint density at radius 3 is 2.71 bits per heavy atom. The average Bonchev–Trinajstić information content (AvgIpc) is 2.44. The molecule has 0 aliphatic heterocycles. The van der Waals surface area contributed by atoms with E-state index in [0.29, 0.717) is 5.75 Å². The molecule has 1 aromatic heterocycles. The lowest BCUT2D eigenvalue weighted by Crippen LogP contribution is -2.12. The summed E-state index contributed by atoms with van der Waals surface area (Å²) in [6.45, 7) is 3.54. The van der Waals surface area contributed by atoms with E-state index in [9.17, 15) is 4.79 Å². The molecule has 1 atom stereocenters. The molecule has 0 radical (unpaired) electrons. The lowest BCUT2D eigenvalue weighted by atomic mass is 10.2. The number of hydrogen-bond acceptors (Lipinski definition) is 4. The highest BCUT2D eigenvalue weighted by Crippen LogP contribution is 2.18. The summed E-state index contributed by atoms with van der Waals surface area (Å²) >= 11 is 1.41. The van der Waals surface area contributed by atoms with Crippen molar-refractivity contribution in [2.24, 2.45) is 13.0 Å². The highest BCUT2D eigenvalue weighted by Gasteiger charge is 2.13. The van der Waals surface area contributed by atoms with Crippen LogP contribution in [0.15, 0.2) is 5.16 Å². The average molecular weight is 215 g/mol. The maximum absolute atomic E-state index is 10.6. The molecule has 1 unspecified atom stereocenters. The van der Waals surface area contributed by atoms with E-state index in [1.807, 2.05) is 18.5 Å². The van der Waals surface area contributed by atoms with Gasteiger partial charge in [-0.25, -0.2) is 0 Å². The first-order chi connectivity index (χ1) is 6.52. The Morgan fingerprint density at radius 2 is 2.29 bits per heavy atom. The van der Waals surface area contributed by atoms with Crippen molar-refractivity contribution in [3.8, 4) is 0 Å². The van der Waals surface area contributed by atoms with Crippen molar-refractivity contribution in [3.63, 3.8) is 0 Å².